The van der Waals surface area contributed by atoms with Gasteiger partial charge in [-0.15, -0.1) is 21.5 Å². The van der Waals surface area contributed by atoms with Crippen molar-refractivity contribution in [3.63, 3.8) is 0 Å². The summed E-state index contributed by atoms with van der Waals surface area (Å²) in [6, 6.07) is 9.33. The van der Waals surface area contributed by atoms with Gasteiger partial charge in [-0.3, -0.25) is 9.59 Å². The number of nitrogens with one attached hydrogen (secondary N) is 2. The van der Waals surface area contributed by atoms with E-state index in [9.17, 15) is 9.59 Å². The number of benzene rings is 1. The van der Waals surface area contributed by atoms with E-state index in [1.165, 1.54) is 42.0 Å². The fourth-order valence-electron chi connectivity index (χ4n) is 3.99. The second-order valence-electron chi connectivity index (χ2n) is 8.45. The van der Waals surface area contributed by atoms with Gasteiger partial charge in [0.25, 0.3) is 0 Å². The smallest absolute Gasteiger partial charge is 0.237 e. The third-order valence-electron chi connectivity index (χ3n) is 5.94. The fraction of sp³-hybridized carbons (Fsp3) is 0.417. The Labute approximate surface area is 202 Å². The van der Waals surface area contributed by atoms with Crippen LogP contribution in [0.3, 0.4) is 0 Å². The number of rotatable bonds is 7. The zero-order valence-electron chi connectivity index (χ0n) is 19.3. The number of nitrogens with zero attached hydrogens (tertiary/aromatic N) is 3. The Morgan fingerprint density at radius 1 is 1.21 bits per heavy atom. The molecule has 3 aromatic rings. The first-order chi connectivity index (χ1) is 15.8. The molecular weight excluding hydrogens is 454 g/mol. The van der Waals surface area contributed by atoms with Crippen LogP contribution in [-0.2, 0) is 29.5 Å². The molecule has 0 fully saturated rings. The highest BCUT2D eigenvalue weighted by molar-refractivity contribution is 8.00. The van der Waals surface area contributed by atoms with Crippen LogP contribution in [0, 0.1) is 5.92 Å². The van der Waals surface area contributed by atoms with Crippen LogP contribution in [0.5, 0.6) is 0 Å². The molecule has 2 aromatic heterocycles. The molecule has 0 unspecified atom stereocenters. The average molecular weight is 484 g/mol. The standard InChI is InChI=1S/C24H29N5O2S2/c1-5-16-6-11-20-17(12-16)13-21(33-20)22-27-28-24(29(22)4)32-14(2)23(31)26-19-9-7-18(8-10-19)25-15(3)30/h7-10,13-14,16H,5-6,11-12H2,1-4H3,(H,25,30)(H,26,31)/t14-,16+/m1/s1. The van der Waals surface area contributed by atoms with Crippen LogP contribution in [0.15, 0.2) is 35.5 Å². The van der Waals surface area contributed by atoms with Gasteiger partial charge in [-0.2, -0.15) is 0 Å². The van der Waals surface area contributed by atoms with Gasteiger partial charge < -0.3 is 15.2 Å². The molecule has 33 heavy (non-hydrogen) atoms. The molecule has 2 N–H and O–H groups in total. The topological polar surface area (TPSA) is 88.9 Å². The van der Waals surface area contributed by atoms with Crippen molar-refractivity contribution in [3.8, 4) is 10.7 Å². The van der Waals surface area contributed by atoms with E-state index in [1.54, 1.807) is 24.3 Å². The number of fused-ring (bicyclic) bond motifs is 1. The summed E-state index contributed by atoms with van der Waals surface area (Å²) in [7, 11) is 1.95. The van der Waals surface area contributed by atoms with Gasteiger partial charge in [-0.1, -0.05) is 25.1 Å². The van der Waals surface area contributed by atoms with Crippen molar-refractivity contribution in [3.05, 3.63) is 40.8 Å². The van der Waals surface area contributed by atoms with E-state index >= 15 is 0 Å². The first-order valence-electron chi connectivity index (χ1n) is 11.2. The fourth-order valence-corrected chi connectivity index (χ4v) is 6.03. The third-order valence-corrected chi connectivity index (χ3v) is 8.31. The SMILES string of the molecule is CC[C@H]1CCc2sc(-c3nnc(S[C@H](C)C(=O)Nc4ccc(NC(C)=O)cc4)n3C)cc2C1. The van der Waals surface area contributed by atoms with Crippen molar-refractivity contribution in [2.75, 3.05) is 10.6 Å². The molecule has 2 amide bonds. The van der Waals surface area contributed by atoms with E-state index in [-0.39, 0.29) is 17.1 Å². The zero-order chi connectivity index (χ0) is 23.5. The number of carbonyl (C=O) groups is 2. The highest BCUT2D eigenvalue weighted by Crippen LogP contribution is 2.38. The van der Waals surface area contributed by atoms with Crippen molar-refractivity contribution in [1.29, 1.82) is 0 Å². The molecule has 4 rings (SSSR count). The van der Waals surface area contributed by atoms with E-state index < -0.39 is 0 Å². The second kappa shape index (κ2) is 10.1. The van der Waals surface area contributed by atoms with Gasteiger partial charge in [-0.05, 0) is 68.0 Å². The zero-order valence-corrected chi connectivity index (χ0v) is 21.0. The minimum Gasteiger partial charge on any atom is -0.326 e. The summed E-state index contributed by atoms with van der Waals surface area (Å²) in [5.41, 5.74) is 2.83. The Hall–Kier alpha value is -2.65. The summed E-state index contributed by atoms with van der Waals surface area (Å²) in [6.07, 6.45) is 4.81. The lowest BCUT2D eigenvalue weighted by Crippen LogP contribution is -2.22. The van der Waals surface area contributed by atoms with E-state index in [0.29, 0.717) is 16.5 Å². The summed E-state index contributed by atoms with van der Waals surface area (Å²) >= 11 is 3.21. The number of thiophene rings is 1. The number of aryl methyl sites for hydroxylation is 1. The number of hydrogen-bond acceptors (Lipinski definition) is 6. The summed E-state index contributed by atoms with van der Waals surface area (Å²) in [6.45, 7) is 5.59. The minimum atomic E-state index is -0.349. The van der Waals surface area contributed by atoms with E-state index in [4.69, 9.17) is 0 Å². The number of carbonyl (C=O) groups excluding carboxylic acids is 2. The number of amides is 2. The van der Waals surface area contributed by atoms with E-state index in [2.05, 4.69) is 33.8 Å². The Balaban J connectivity index is 1.40. The quantitative estimate of drug-likeness (QED) is 0.455. The molecule has 174 valence electrons. The van der Waals surface area contributed by atoms with Crippen LogP contribution in [0.25, 0.3) is 10.7 Å². The third kappa shape index (κ3) is 5.47. The molecule has 9 heteroatoms. The van der Waals surface area contributed by atoms with Crippen LogP contribution in [0.1, 0.15) is 44.1 Å². The largest absolute Gasteiger partial charge is 0.326 e. The van der Waals surface area contributed by atoms with Gasteiger partial charge in [0.1, 0.15) is 0 Å². The molecule has 0 bridgehead atoms. The van der Waals surface area contributed by atoms with Crippen molar-refractivity contribution in [2.45, 2.75) is 56.9 Å². The average Bonchev–Trinajstić information content (AvgIpc) is 3.37. The monoisotopic (exact) mass is 483 g/mol. The van der Waals surface area contributed by atoms with Crippen LogP contribution in [0.4, 0.5) is 11.4 Å². The Bertz CT molecular complexity index is 1150. The van der Waals surface area contributed by atoms with Crippen molar-refractivity contribution in [2.24, 2.45) is 13.0 Å². The molecule has 1 aliphatic rings. The van der Waals surface area contributed by atoms with E-state index in [1.807, 2.05) is 29.9 Å². The van der Waals surface area contributed by atoms with Crippen LogP contribution < -0.4 is 10.6 Å². The molecule has 2 heterocycles. The molecule has 1 aromatic carbocycles. The maximum absolute atomic E-state index is 12.7. The first-order valence-corrected chi connectivity index (χ1v) is 12.9. The van der Waals surface area contributed by atoms with Crippen molar-refractivity contribution >= 4 is 46.3 Å². The van der Waals surface area contributed by atoms with E-state index in [0.717, 1.165) is 29.5 Å². The highest BCUT2D eigenvalue weighted by Gasteiger charge is 2.24. The molecular formula is C24H29N5O2S2. The summed E-state index contributed by atoms with van der Waals surface area (Å²) in [4.78, 5) is 26.5. The lowest BCUT2D eigenvalue weighted by Gasteiger charge is -2.19. The predicted molar refractivity (Wildman–Crippen MR) is 135 cm³/mol. The second-order valence-corrected chi connectivity index (χ2v) is 10.9. The van der Waals surface area contributed by atoms with Gasteiger partial charge in [-0.25, -0.2) is 0 Å². The maximum atomic E-state index is 12.7. The summed E-state index contributed by atoms with van der Waals surface area (Å²) in [5.74, 6) is 1.39. The van der Waals surface area contributed by atoms with Gasteiger partial charge in [0.05, 0.1) is 10.1 Å². The van der Waals surface area contributed by atoms with Crippen LogP contribution in [-0.4, -0.2) is 31.8 Å². The summed E-state index contributed by atoms with van der Waals surface area (Å²) < 4.78 is 1.98. The lowest BCUT2D eigenvalue weighted by atomic mass is 9.87. The molecule has 0 saturated carbocycles. The summed E-state index contributed by atoms with van der Waals surface area (Å²) in [5, 5.41) is 14.8. The van der Waals surface area contributed by atoms with Crippen molar-refractivity contribution < 1.29 is 9.59 Å². The number of anilines is 2. The van der Waals surface area contributed by atoms with Gasteiger partial charge in [0.2, 0.25) is 11.8 Å². The molecule has 0 aliphatic heterocycles. The number of hydrogen-bond donors (Lipinski definition) is 2. The molecule has 0 radical (unpaired) electrons. The lowest BCUT2D eigenvalue weighted by molar-refractivity contribution is -0.115. The van der Waals surface area contributed by atoms with Crippen molar-refractivity contribution in [1.82, 2.24) is 14.8 Å². The molecule has 0 spiro atoms. The Kier molecular flexibility index (Phi) is 7.19. The van der Waals surface area contributed by atoms with Gasteiger partial charge >= 0.3 is 0 Å². The number of aromatic nitrogens is 3. The van der Waals surface area contributed by atoms with Gasteiger partial charge in [0, 0.05) is 30.2 Å². The van der Waals surface area contributed by atoms with Crippen LogP contribution in [0.2, 0.25) is 0 Å². The predicted octanol–water partition coefficient (Wildman–Crippen LogP) is 5.14. The van der Waals surface area contributed by atoms with Crippen LogP contribution >= 0.6 is 23.1 Å². The van der Waals surface area contributed by atoms with Gasteiger partial charge in [0.15, 0.2) is 11.0 Å². The molecule has 1 aliphatic carbocycles. The minimum absolute atomic E-state index is 0.117. The first kappa shape index (κ1) is 23.5. The number of thioether (sulfide) groups is 1. The Morgan fingerprint density at radius 3 is 2.58 bits per heavy atom. The maximum Gasteiger partial charge on any atom is 0.237 e. The molecule has 2 atom stereocenters. The molecule has 7 nitrogen and oxygen atoms in total. The Morgan fingerprint density at radius 2 is 1.91 bits per heavy atom. The molecule has 0 saturated heterocycles. The normalized spacial score (nSPS) is 16.2. The highest BCUT2D eigenvalue weighted by atomic mass is 32.2.